The molecule has 0 saturated heterocycles. The van der Waals surface area contributed by atoms with Crippen LogP contribution in [0.4, 0.5) is 23.1 Å². The molecular formula is C20H23N5. The summed E-state index contributed by atoms with van der Waals surface area (Å²) in [6.45, 7) is 10.4. The molecule has 0 bridgehead atoms. The third kappa shape index (κ3) is 3.94. The molecule has 5 nitrogen and oxygen atoms in total. The fourth-order valence-electron chi connectivity index (χ4n) is 2.91. The Morgan fingerprint density at radius 1 is 0.760 bits per heavy atom. The molecule has 0 aliphatic carbocycles. The second kappa shape index (κ2) is 6.89. The van der Waals surface area contributed by atoms with Crippen molar-refractivity contribution in [1.29, 1.82) is 0 Å². The van der Waals surface area contributed by atoms with E-state index in [1.165, 1.54) is 11.1 Å². The second-order valence-corrected chi connectivity index (χ2v) is 6.51. The van der Waals surface area contributed by atoms with Crippen LogP contribution in [0.15, 0.2) is 36.5 Å². The fourth-order valence-corrected chi connectivity index (χ4v) is 2.91. The van der Waals surface area contributed by atoms with Gasteiger partial charge in [0.25, 0.3) is 0 Å². The smallest absolute Gasteiger partial charge is 0.249 e. The first-order valence-corrected chi connectivity index (χ1v) is 8.31. The number of hydrogen-bond donors (Lipinski definition) is 2. The van der Waals surface area contributed by atoms with Gasteiger partial charge in [-0.3, -0.25) is 0 Å². The largest absolute Gasteiger partial charge is 0.339 e. The van der Waals surface area contributed by atoms with Crippen molar-refractivity contribution in [3.05, 3.63) is 64.3 Å². The molecule has 2 N–H and O–H groups in total. The van der Waals surface area contributed by atoms with Crippen LogP contribution < -0.4 is 10.6 Å². The van der Waals surface area contributed by atoms with Crippen LogP contribution in [0.2, 0.25) is 0 Å². The molecule has 0 unspecified atom stereocenters. The van der Waals surface area contributed by atoms with Gasteiger partial charge in [0.15, 0.2) is 5.82 Å². The van der Waals surface area contributed by atoms with Gasteiger partial charge in [0, 0.05) is 11.4 Å². The molecule has 0 aliphatic heterocycles. The van der Waals surface area contributed by atoms with Crippen molar-refractivity contribution in [2.75, 3.05) is 10.6 Å². The number of aryl methyl sites for hydroxylation is 5. The van der Waals surface area contributed by atoms with E-state index in [1.54, 1.807) is 6.20 Å². The van der Waals surface area contributed by atoms with Crippen LogP contribution in [0.1, 0.15) is 27.8 Å². The maximum atomic E-state index is 4.54. The van der Waals surface area contributed by atoms with Crippen LogP contribution in [0.25, 0.3) is 0 Å². The summed E-state index contributed by atoms with van der Waals surface area (Å²) in [6, 6.07) is 10.6. The third-order valence-corrected chi connectivity index (χ3v) is 4.13. The second-order valence-electron chi connectivity index (χ2n) is 6.51. The molecule has 0 radical (unpaired) electrons. The molecule has 25 heavy (non-hydrogen) atoms. The lowest BCUT2D eigenvalue weighted by Gasteiger charge is -2.13. The first-order chi connectivity index (χ1) is 11.9. The highest BCUT2D eigenvalue weighted by molar-refractivity contribution is 5.65. The highest BCUT2D eigenvalue weighted by Gasteiger charge is 2.08. The van der Waals surface area contributed by atoms with E-state index in [0.29, 0.717) is 11.8 Å². The molecule has 0 spiro atoms. The summed E-state index contributed by atoms with van der Waals surface area (Å²) in [4.78, 5) is 4.54. The average molecular weight is 333 g/mol. The van der Waals surface area contributed by atoms with E-state index < -0.39 is 0 Å². The molecule has 0 aliphatic rings. The molecule has 0 fully saturated rings. The minimum absolute atomic E-state index is 0.477. The maximum Gasteiger partial charge on any atom is 0.249 e. The van der Waals surface area contributed by atoms with Crippen molar-refractivity contribution in [3.63, 3.8) is 0 Å². The van der Waals surface area contributed by atoms with Gasteiger partial charge < -0.3 is 10.6 Å². The topological polar surface area (TPSA) is 62.7 Å². The summed E-state index contributed by atoms with van der Waals surface area (Å²) >= 11 is 0. The van der Waals surface area contributed by atoms with E-state index in [9.17, 15) is 0 Å². The van der Waals surface area contributed by atoms with Crippen molar-refractivity contribution in [3.8, 4) is 0 Å². The van der Waals surface area contributed by atoms with Crippen LogP contribution in [-0.4, -0.2) is 15.2 Å². The highest BCUT2D eigenvalue weighted by Crippen LogP contribution is 2.25. The average Bonchev–Trinajstić information content (AvgIpc) is 2.55. The Labute approximate surface area is 148 Å². The number of nitrogens with zero attached hydrogens (tertiary/aromatic N) is 3. The molecular weight excluding hydrogens is 310 g/mol. The quantitative estimate of drug-likeness (QED) is 0.711. The van der Waals surface area contributed by atoms with Crippen LogP contribution in [-0.2, 0) is 0 Å². The summed E-state index contributed by atoms with van der Waals surface area (Å²) in [6.07, 6.45) is 1.63. The first kappa shape index (κ1) is 16.9. The van der Waals surface area contributed by atoms with Crippen LogP contribution >= 0.6 is 0 Å². The molecule has 2 aromatic carbocycles. The maximum absolute atomic E-state index is 4.54. The van der Waals surface area contributed by atoms with Crippen molar-refractivity contribution in [2.45, 2.75) is 34.6 Å². The van der Waals surface area contributed by atoms with Gasteiger partial charge in [-0.2, -0.15) is 10.1 Å². The predicted octanol–water partition coefficient (Wildman–Crippen LogP) is 4.90. The number of rotatable bonds is 4. The van der Waals surface area contributed by atoms with Gasteiger partial charge in [-0.1, -0.05) is 29.8 Å². The molecule has 0 saturated carbocycles. The molecule has 1 heterocycles. The first-order valence-electron chi connectivity index (χ1n) is 8.31. The van der Waals surface area contributed by atoms with Crippen LogP contribution in [0.3, 0.4) is 0 Å². The van der Waals surface area contributed by atoms with Crippen LogP contribution in [0, 0.1) is 34.6 Å². The lowest BCUT2D eigenvalue weighted by molar-refractivity contribution is 0.980. The fraction of sp³-hybridized carbons (Fsp3) is 0.250. The molecule has 3 aromatic rings. The van der Waals surface area contributed by atoms with E-state index >= 15 is 0 Å². The predicted molar refractivity (Wildman–Crippen MR) is 103 cm³/mol. The monoisotopic (exact) mass is 333 g/mol. The van der Waals surface area contributed by atoms with Gasteiger partial charge in [-0.05, 0) is 62.9 Å². The van der Waals surface area contributed by atoms with Crippen molar-refractivity contribution < 1.29 is 0 Å². The van der Waals surface area contributed by atoms with E-state index in [1.807, 2.05) is 0 Å². The van der Waals surface area contributed by atoms with Crippen molar-refractivity contribution in [2.24, 2.45) is 0 Å². The minimum atomic E-state index is 0.477. The van der Waals surface area contributed by atoms with Gasteiger partial charge in [0.05, 0.1) is 6.20 Å². The Morgan fingerprint density at radius 2 is 1.48 bits per heavy atom. The molecule has 128 valence electrons. The summed E-state index contributed by atoms with van der Waals surface area (Å²) in [7, 11) is 0. The summed E-state index contributed by atoms with van der Waals surface area (Å²) in [5, 5.41) is 14.8. The highest BCUT2D eigenvalue weighted by atomic mass is 15.3. The van der Waals surface area contributed by atoms with Crippen molar-refractivity contribution >= 4 is 23.1 Å². The Hall–Kier alpha value is -2.95. The lowest BCUT2D eigenvalue weighted by atomic mass is 10.1. The Balaban J connectivity index is 1.86. The van der Waals surface area contributed by atoms with Gasteiger partial charge in [0.1, 0.15) is 0 Å². The van der Waals surface area contributed by atoms with E-state index in [2.05, 4.69) is 90.8 Å². The van der Waals surface area contributed by atoms with Crippen molar-refractivity contribution in [1.82, 2.24) is 15.2 Å². The normalized spacial score (nSPS) is 10.6. The van der Waals surface area contributed by atoms with E-state index in [-0.39, 0.29) is 0 Å². The van der Waals surface area contributed by atoms with Crippen LogP contribution in [0.5, 0.6) is 0 Å². The number of benzene rings is 2. The SMILES string of the molecule is Cc1cc(C)c(Nc2nncc(Nc3cc(C)ccc3C)n2)c(C)c1. The zero-order valence-corrected chi connectivity index (χ0v) is 15.3. The minimum Gasteiger partial charge on any atom is -0.339 e. The number of nitrogens with one attached hydrogen (secondary N) is 2. The summed E-state index contributed by atoms with van der Waals surface area (Å²) in [5.41, 5.74) is 7.96. The zero-order valence-electron chi connectivity index (χ0n) is 15.3. The zero-order chi connectivity index (χ0) is 18.0. The Morgan fingerprint density at radius 3 is 2.20 bits per heavy atom. The molecule has 0 atom stereocenters. The number of anilines is 4. The van der Waals surface area contributed by atoms with Gasteiger partial charge >= 0.3 is 0 Å². The summed E-state index contributed by atoms with van der Waals surface area (Å²) < 4.78 is 0. The Bertz CT molecular complexity index is 895. The molecule has 5 heteroatoms. The molecule has 1 aromatic heterocycles. The lowest BCUT2D eigenvalue weighted by Crippen LogP contribution is -2.05. The van der Waals surface area contributed by atoms with Gasteiger partial charge in [0.2, 0.25) is 5.95 Å². The van der Waals surface area contributed by atoms with E-state index in [4.69, 9.17) is 0 Å². The third-order valence-electron chi connectivity index (χ3n) is 4.13. The number of hydrogen-bond acceptors (Lipinski definition) is 5. The molecule has 3 rings (SSSR count). The molecule has 0 amide bonds. The summed E-state index contributed by atoms with van der Waals surface area (Å²) in [5.74, 6) is 1.14. The van der Waals surface area contributed by atoms with Gasteiger partial charge in [-0.25, -0.2) is 0 Å². The number of aromatic nitrogens is 3. The van der Waals surface area contributed by atoms with E-state index in [0.717, 1.165) is 28.1 Å². The standard InChI is InChI=1S/C20H23N5/c1-12-6-7-14(3)17(10-12)22-18-11-21-25-20(23-18)24-19-15(4)8-13(2)9-16(19)5/h6-11H,1-5H3,(H2,22,23,24,25). The van der Waals surface area contributed by atoms with Gasteiger partial charge in [-0.15, -0.1) is 5.10 Å². The Kier molecular flexibility index (Phi) is 4.65.